The quantitative estimate of drug-likeness (QED) is 0.799. The van der Waals surface area contributed by atoms with Gasteiger partial charge in [-0.2, -0.15) is 0 Å². The van der Waals surface area contributed by atoms with Gasteiger partial charge in [0, 0.05) is 19.0 Å². The van der Waals surface area contributed by atoms with Gasteiger partial charge >= 0.3 is 7.12 Å². The van der Waals surface area contributed by atoms with Gasteiger partial charge in [0.05, 0.1) is 16.8 Å². The molecule has 0 amide bonds. The maximum atomic E-state index is 6.13. The molecule has 1 aliphatic heterocycles. The van der Waals surface area contributed by atoms with Crippen LogP contribution in [-0.4, -0.2) is 37.4 Å². The third-order valence-electron chi connectivity index (χ3n) is 4.05. The van der Waals surface area contributed by atoms with Gasteiger partial charge in [-0.05, 0) is 34.1 Å². The number of thiazole rings is 1. The molecular formula is C14H25BN2O2S. The molecule has 0 spiro atoms. The van der Waals surface area contributed by atoms with Gasteiger partial charge in [-0.3, -0.25) is 0 Å². The van der Waals surface area contributed by atoms with Crippen molar-refractivity contribution in [3.63, 3.8) is 0 Å². The molecule has 6 heteroatoms. The molecule has 112 valence electrons. The number of hydrogen-bond acceptors (Lipinski definition) is 5. The summed E-state index contributed by atoms with van der Waals surface area (Å²) in [7, 11) is 3.68. The van der Waals surface area contributed by atoms with Crippen molar-refractivity contribution in [2.75, 3.05) is 19.0 Å². The van der Waals surface area contributed by atoms with Gasteiger partial charge in [0.2, 0.25) is 0 Å². The molecule has 0 unspecified atom stereocenters. The van der Waals surface area contributed by atoms with Crippen molar-refractivity contribution in [1.29, 1.82) is 0 Å². The van der Waals surface area contributed by atoms with E-state index >= 15 is 0 Å². The van der Waals surface area contributed by atoms with Crippen molar-refractivity contribution >= 4 is 29.2 Å². The van der Waals surface area contributed by atoms with E-state index in [2.05, 4.69) is 34.6 Å². The van der Waals surface area contributed by atoms with Gasteiger partial charge in [0.15, 0.2) is 5.13 Å². The zero-order chi connectivity index (χ0) is 15.1. The summed E-state index contributed by atoms with van der Waals surface area (Å²) in [4.78, 5) is 8.05. The minimum Gasteiger partial charge on any atom is -0.398 e. The normalized spacial score (nSPS) is 20.4. The van der Waals surface area contributed by atoms with Crippen LogP contribution in [0, 0.1) is 0 Å². The van der Waals surface area contributed by atoms with Gasteiger partial charge in [-0.25, -0.2) is 4.98 Å². The lowest BCUT2D eigenvalue weighted by Gasteiger charge is -2.32. The molecule has 2 heterocycles. The Kier molecular flexibility index (Phi) is 4.20. The number of anilines is 1. The Morgan fingerprint density at radius 2 is 1.70 bits per heavy atom. The molecule has 20 heavy (non-hydrogen) atoms. The molecule has 0 atom stereocenters. The molecule has 4 nitrogen and oxygen atoms in total. The fourth-order valence-corrected chi connectivity index (χ4v) is 3.19. The molecule has 1 fully saturated rings. The Hall–Kier alpha value is -0.585. The van der Waals surface area contributed by atoms with Gasteiger partial charge in [0.1, 0.15) is 0 Å². The highest BCUT2D eigenvalue weighted by Crippen LogP contribution is 2.37. The van der Waals surface area contributed by atoms with Crippen molar-refractivity contribution in [2.24, 2.45) is 0 Å². The summed E-state index contributed by atoms with van der Waals surface area (Å²) < 4.78 is 12.3. The van der Waals surface area contributed by atoms with Crippen LogP contribution in [0.3, 0.4) is 0 Å². The van der Waals surface area contributed by atoms with Gasteiger partial charge in [-0.1, -0.05) is 13.3 Å². The van der Waals surface area contributed by atoms with E-state index < -0.39 is 0 Å². The first-order valence-corrected chi connectivity index (χ1v) is 8.02. The summed E-state index contributed by atoms with van der Waals surface area (Å²) in [5, 5.41) is 1.01. The fourth-order valence-electron chi connectivity index (χ4n) is 2.09. The molecule has 0 aromatic carbocycles. The minimum absolute atomic E-state index is 0.316. The highest BCUT2D eigenvalue weighted by molar-refractivity contribution is 7.16. The Balaban J connectivity index is 2.33. The third kappa shape index (κ3) is 2.74. The molecule has 0 saturated carbocycles. The lowest BCUT2D eigenvalue weighted by molar-refractivity contribution is 0.00578. The average Bonchev–Trinajstić information content (AvgIpc) is 2.79. The lowest BCUT2D eigenvalue weighted by atomic mass is 9.83. The molecular weight excluding hydrogens is 271 g/mol. The van der Waals surface area contributed by atoms with E-state index in [1.807, 2.05) is 19.0 Å². The van der Waals surface area contributed by atoms with E-state index in [-0.39, 0.29) is 18.3 Å². The number of hydrogen-bond donors (Lipinski definition) is 0. The van der Waals surface area contributed by atoms with Crippen molar-refractivity contribution in [2.45, 2.75) is 58.7 Å². The second-order valence-corrected chi connectivity index (χ2v) is 7.60. The summed E-state index contributed by atoms with van der Waals surface area (Å²) in [6.07, 6.45) is 2.12. The Bertz CT molecular complexity index is 470. The lowest BCUT2D eigenvalue weighted by Crippen LogP contribution is -2.41. The molecule has 1 aromatic rings. The zero-order valence-electron chi connectivity index (χ0n) is 13.6. The van der Waals surface area contributed by atoms with E-state index in [0.29, 0.717) is 0 Å². The number of rotatable bonds is 4. The van der Waals surface area contributed by atoms with Crippen LogP contribution in [0.2, 0.25) is 0 Å². The SMILES string of the molecule is CCCc1sc(N(C)C)nc1B1OC(C)(C)C(C)(C)O1. The third-order valence-corrected chi connectivity index (χ3v) is 5.35. The van der Waals surface area contributed by atoms with Crippen molar-refractivity contribution < 1.29 is 9.31 Å². The second kappa shape index (κ2) is 5.32. The smallest absolute Gasteiger partial charge is 0.398 e. The molecule has 2 rings (SSSR count). The average molecular weight is 296 g/mol. The molecule has 1 saturated heterocycles. The second-order valence-electron chi connectivity index (χ2n) is 6.54. The first-order valence-electron chi connectivity index (χ1n) is 7.20. The van der Waals surface area contributed by atoms with E-state index in [1.165, 1.54) is 4.88 Å². The number of aryl methyl sites for hydroxylation is 1. The Labute approximate surface area is 126 Å². The van der Waals surface area contributed by atoms with E-state index in [4.69, 9.17) is 14.3 Å². The van der Waals surface area contributed by atoms with Crippen LogP contribution in [0.5, 0.6) is 0 Å². The predicted molar refractivity (Wildman–Crippen MR) is 86.2 cm³/mol. The van der Waals surface area contributed by atoms with Crippen LogP contribution in [0.4, 0.5) is 5.13 Å². The molecule has 0 radical (unpaired) electrons. The summed E-state index contributed by atoms with van der Waals surface area (Å²) in [6.45, 7) is 10.5. The summed E-state index contributed by atoms with van der Waals surface area (Å²) >= 11 is 1.73. The Morgan fingerprint density at radius 1 is 1.15 bits per heavy atom. The topological polar surface area (TPSA) is 34.6 Å². The number of nitrogens with zero attached hydrogens (tertiary/aromatic N) is 2. The van der Waals surface area contributed by atoms with E-state index in [9.17, 15) is 0 Å². The van der Waals surface area contributed by atoms with Gasteiger partial charge in [-0.15, -0.1) is 11.3 Å². The van der Waals surface area contributed by atoms with Crippen molar-refractivity contribution in [1.82, 2.24) is 4.98 Å². The standard InChI is InChI=1S/C14H25BN2O2S/c1-8-9-10-11(16-12(20-10)17(6)7)15-18-13(2,3)14(4,5)19-15/h8-9H2,1-7H3. The highest BCUT2D eigenvalue weighted by atomic mass is 32.1. The van der Waals surface area contributed by atoms with Crippen molar-refractivity contribution in [3.05, 3.63) is 4.88 Å². The molecule has 1 aromatic heterocycles. The molecule has 1 aliphatic rings. The van der Waals surface area contributed by atoms with Gasteiger partial charge < -0.3 is 14.2 Å². The maximum absolute atomic E-state index is 6.13. The van der Waals surface area contributed by atoms with Crippen LogP contribution in [-0.2, 0) is 15.7 Å². The summed E-state index contributed by atoms with van der Waals surface area (Å²) in [6, 6.07) is 0. The minimum atomic E-state index is -0.355. The first-order chi connectivity index (χ1) is 9.18. The molecule has 0 N–H and O–H groups in total. The number of aromatic nitrogens is 1. The molecule has 0 bridgehead atoms. The molecule has 0 aliphatic carbocycles. The van der Waals surface area contributed by atoms with Gasteiger partial charge in [0.25, 0.3) is 0 Å². The Morgan fingerprint density at radius 3 is 2.15 bits per heavy atom. The zero-order valence-corrected chi connectivity index (χ0v) is 14.4. The largest absolute Gasteiger partial charge is 0.515 e. The van der Waals surface area contributed by atoms with E-state index in [0.717, 1.165) is 23.6 Å². The summed E-state index contributed by atoms with van der Waals surface area (Å²) in [5.41, 5.74) is 0.325. The maximum Gasteiger partial charge on any atom is 0.515 e. The highest BCUT2D eigenvalue weighted by Gasteiger charge is 2.53. The van der Waals surface area contributed by atoms with Crippen LogP contribution >= 0.6 is 11.3 Å². The first kappa shape index (κ1) is 15.8. The fraction of sp³-hybridized carbons (Fsp3) is 0.786. The van der Waals surface area contributed by atoms with E-state index in [1.54, 1.807) is 11.3 Å². The van der Waals surface area contributed by atoms with Crippen LogP contribution in [0.1, 0.15) is 45.9 Å². The van der Waals surface area contributed by atoms with Crippen LogP contribution in [0.15, 0.2) is 0 Å². The van der Waals surface area contributed by atoms with Crippen LogP contribution in [0.25, 0.3) is 0 Å². The predicted octanol–water partition coefficient (Wildman–Crippen LogP) is 2.46. The monoisotopic (exact) mass is 296 g/mol. The summed E-state index contributed by atoms with van der Waals surface area (Å²) in [5.74, 6) is 0. The van der Waals surface area contributed by atoms with Crippen LogP contribution < -0.4 is 10.5 Å². The van der Waals surface area contributed by atoms with Crippen molar-refractivity contribution in [3.8, 4) is 0 Å².